The Bertz CT molecular complexity index is 184. The minimum absolute atomic E-state index is 0. The summed E-state index contributed by atoms with van der Waals surface area (Å²) >= 11 is 5.27. The monoisotopic (exact) mass is 346 g/mol. The first kappa shape index (κ1) is 23.6. The summed E-state index contributed by atoms with van der Waals surface area (Å²) in [5, 5.41) is 0. The molecule has 130 valence electrons. The van der Waals surface area contributed by atoms with E-state index in [2.05, 4.69) is 11.7 Å². The van der Waals surface area contributed by atoms with Gasteiger partial charge in [-0.2, -0.15) is 0 Å². The Kier molecular flexibility index (Phi) is 20.7. The van der Waals surface area contributed by atoms with Crippen molar-refractivity contribution in [3.05, 3.63) is 0 Å². The normalized spacial score (nSPS) is 22.9. The summed E-state index contributed by atoms with van der Waals surface area (Å²) in [6, 6.07) is 0. The van der Waals surface area contributed by atoms with E-state index in [4.69, 9.17) is 32.5 Å². The van der Waals surface area contributed by atoms with Gasteiger partial charge in [0.1, 0.15) is 0 Å². The van der Waals surface area contributed by atoms with Gasteiger partial charge < -0.3 is 25.7 Å². The maximum Gasteiger partial charge on any atom is 0.0944 e. The third kappa shape index (κ3) is 33.3. The van der Waals surface area contributed by atoms with Crippen LogP contribution in [0.3, 0.4) is 0 Å². The Balaban J connectivity index is 0. The van der Waals surface area contributed by atoms with Gasteiger partial charge in [-0.15, -0.1) is 24.0 Å². The lowest BCUT2D eigenvalue weighted by Gasteiger charge is -1.94. The summed E-state index contributed by atoms with van der Waals surface area (Å²) in [7, 11) is 0. The van der Waals surface area contributed by atoms with E-state index >= 15 is 0 Å². The van der Waals surface area contributed by atoms with Crippen LogP contribution < -0.4 is 11.5 Å². The van der Waals surface area contributed by atoms with Crippen molar-refractivity contribution in [2.24, 2.45) is 11.5 Å². The van der Waals surface area contributed by atoms with Gasteiger partial charge in [0.05, 0.1) is 44.5 Å². The van der Waals surface area contributed by atoms with E-state index in [1.165, 1.54) is 12.8 Å². The third-order valence-corrected chi connectivity index (χ3v) is 2.78. The number of nitrogens with two attached hydrogens (primary N) is 2. The highest BCUT2D eigenvalue weighted by atomic mass is 35.5. The zero-order valence-electron chi connectivity index (χ0n) is 13.1. The van der Waals surface area contributed by atoms with Crippen LogP contribution in [-0.2, 0) is 14.2 Å². The molecule has 3 aliphatic rings. The average Bonchev–Trinajstić information content (AvgIpc) is 3.34. The molecule has 4 N–H and O–H groups in total. The number of halogens is 2. The van der Waals surface area contributed by atoms with Crippen LogP contribution >= 0.6 is 24.0 Å². The third-order valence-electron chi connectivity index (χ3n) is 2.44. The molecule has 0 amide bonds. The van der Waals surface area contributed by atoms with E-state index in [0.29, 0.717) is 18.1 Å². The predicted molar refractivity (Wildman–Crippen MR) is 90.5 cm³/mol. The Morgan fingerprint density at radius 2 is 1.33 bits per heavy atom. The fraction of sp³-hybridized carbons (Fsp3) is 1.00. The first-order chi connectivity index (χ1) is 9.74. The summed E-state index contributed by atoms with van der Waals surface area (Å²) in [4.78, 5) is 0. The first-order valence-corrected chi connectivity index (χ1v) is 8.05. The lowest BCUT2D eigenvalue weighted by molar-refractivity contribution is 0.423. The molecule has 0 radical (unpaired) electrons. The molecule has 5 nitrogen and oxygen atoms in total. The molecule has 0 bridgehead atoms. The van der Waals surface area contributed by atoms with Crippen LogP contribution in [0.4, 0.5) is 0 Å². The summed E-state index contributed by atoms with van der Waals surface area (Å²) in [6.07, 6.45) is 5.78. The molecule has 0 spiro atoms. The molecule has 0 aromatic heterocycles. The van der Waals surface area contributed by atoms with Gasteiger partial charge in [0.15, 0.2) is 0 Å². The highest BCUT2D eigenvalue weighted by Crippen LogP contribution is 2.08. The van der Waals surface area contributed by atoms with E-state index < -0.39 is 0 Å². The molecular weight excluding hydrogens is 315 g/mol. The molecule has 3 aliphatic heterocycles. The maximum atomic E-state index is 5.28. The minimum Gasteiger partial charge on any atom is -0.377 e. The zero-order valence-corrected chi connectivity index (χ0v) is 14.7. The molecule has 3 rings (SSSR count). The molecule has 3 saturated heterocycles. The second-order valence-electron chi connectivity index (χ2n) is 4.86. The van der Waals surface area contributed by atoms with Crippen LogP contribution in [0.2, 0.25) is 0 Å². The van der Waals surface area contributed by atoms with Crippen LogP contribution in [0, 0.1) is 0 Å². The minimum atomic E-state index is 0. The second-order valence-corrected chi connectivity index (χ2v) is 5.17. The van der Waals surface area contributed by atoms with Gasteiger partial charge in [-0.1, -0.05) is 12.8 Å². The molecule has 2 atom stereocenters. The Morgan fingerprint density at radius 3 is 1.43 bits per heavy atom. The zero-order chi connectivity index (χ0) is 15.1. The van der Waals surface area contributed by atoms with Gasteiger partial charge in [0.2, 0.25) is 0 Å². The average molecular weight is 347 g/mol. The molecule has 0 aromatic rings. The van der Waals surface area contributed by atoms with Crippen LogP contribution in [0.1, 0.15) is 32.6 Å². The van der Waals surface area contributed by atoms with Gasteiger partial charge in [-0.25, -0.2) is 0 Å². The molecular formula is C14H32Cl2N2O3. The van der Waals surface area contributed by atoms with Crippen LogP contribution in [0.5, 0.6) is 0 Å². The smallest absolute Gasteiger partial charge is 0.0944 e. The van der Waals surface area contributed by atoms with Crippen molar-refractivity contribution in [1.82, 2.24) is 0 Å². The molecule has 2 unspecified atom stereocenters. The number of hydrogen-bond acceptors (Lipinski definition) is 5. The van der Waals surface area contributed by atoms with Crippen molar-refractivity contribution in [3.63, 3.8) is 0 Å². The molecule has 3 fully saturated rings. The van der Waals surface area contributed by atoms with E-state index in [1.54, 1.807) is 0 Å². The lowest BCUT2D eigenvalue weighted by atomic mass is 10.2. The van der Waals surface area contributed by atoms with E-state index in [-0.39, 0.29) is 12.4 Å². The van der Waals surface area contributed by atoms with Crippen molar-refractivity contribution in [2.45, 2.75) is 44.8 Å². The highest BCUT2D eigenvalue weighted by Gasteiger charge is 2.19. The van der Waals surface area contributed by atoms with E-state index in [9.17, 15) is 0 Å². The summed E-state index contributed by atoms with van der Waals surface area (Å²) in [6.45, 7) is 7.57. The van der Waals surface area contributed by atoms with Crippen molar-refractivity contribution in [1.29, 1.82) is 0 Å². The molecule has 3 heterocycles. The maximum absolute atomic E-state index is 5.28. The van der Waals surface area contributed by atoms with Crippen molar-refractivity contribution in [3.8, 4) is 0 Å². The van der Waals surface area contributed by atoms with E-state index in [1.807, 2.05) is 0 Å². The summed E-state index contributed by atoms with van der Waals surface area (Å²) in [5.74, 6) is 0.667. The summed E-state index contributed by atoms with van der Waals surface area (Å²) < 4.78 is 13.9. The quantitative estimate of drug-likeness (QED) is 0.435. The van der Waals surface area contributed by atoms with Crippen LogP contribution in [-0.4, -0.2) is 57.6 Å². The number of epoxide rings is 3. The number of unbranched alkanes of at least 4 members (excludes halogenated alkanes) is 3. The van der Waals surface area contributed by atoms with Crippen molar-refractivity contribution >= 4 is 24.0 Å². The van der Waals surface area contributed by atoms with Gasteiger partial charge in [-0.3, -0.25) is 0 Å². The number of rotatable bonds is 6. The molecule has 7 heteroatoms. The van der Waals surface area contributed by atoms with Gasteiger partial charge in [0.25, 0.3) is 0 Å². The van der Waals surface area contributed by atoms with Crippen LogP contribution in [0.25, 0.3) is 0 Å². The standard InChI is InChI=1S/C6H16N2.C3H5ClO.C3H6O.C2H4O.ClH/c7-5-3-1-2-4-6-8;4-1-3-2-5-3;1-3-2-4-3;1-2-3-1;/h1-8H2;3H,1-2H2;3H,2H2,1H3;1-2H2;1H. The SMILES string of the molecule is C1CO1.CC1CO1.Cl.ClCC1CO1.NCCCCCCN. The topological polar surface area (TPSA) is 89.6 Å². The lowest BCUT2D eigenvalue weighted by Crippen LogP contribution is -2.00. The van der Waals surface area contributed by atoms with Crippen molar-refractivity contribution < 1.29 is 14.2 Å². The number of ether oxygens (including phenoxy) is 3. The first-order valence-electron chi connectivity index (χ1n) is 7.51. The Labute approximate surface area is 140 Å². The Morgan fingerprint density at radius 1 is 0.952 bits per heavy atom. The molecule has 0 aliphatic carbocycles. The fourth-order valence-electron chi connectivity index (χ4n) is 0.896. The highest BCUT2D eigenvalue weighted by molar-refractivity contribution is 6.18. The molecule has 0 aromatic carbocycles. The molecule has 21 heavy (non-hydrogen) atoms. The largest absolute Gasteiger partial charge is 0.377 e. The number of alkyl halides is 1. The van der Waals surface area contributed by atoms with Crippen LogP contribution in [0.15, 0.2) is 0 Å². The predicted octanol–water partition coefficient (Wildman–Crippen LogP) is 1.93. The second kappa shape index (κ2) is 18.4. The number of hydrogen-bond donors (Lipinski definition) is 2. The van der Waals surface area contributed by atoms with E-state index in [0.717, 1.165) is 52.4 Å². The van der Waals surface area contributed by atoms with Crippen molar-refractivity contribution in [2.75, 3.05) is 45.4 Å². The summed E-state index contributed by atoms with van der Waals surface area (Å²) in [5.41, 5.74) is 10.6. The fourth-order valence-corrected chi connectivity index (χ4v) is 1.07. The van der Waals surface area contributed by atoms with Gasteiger partial charge in [0, 0.05) is 0 Å². The van der Waals surface area contributed by atoms with Gasteiger partial charge in [-0.05, 0) is 32.9 Å². The molecule has 0 saturated carbocycles. The Hall–Kier alpha value is 0.380. The van der Waals surface area contributed by atoms with Gasteiger partial charge >= 0.3 is 0 Å².